The average molecular weight is 290 g/mol. The van der Waals surface area contributed by atoms with E-state index in [4.69, 9.17) is 0 Å². The van der Waals surface area contributed by atoms with Crippen LogP contribution >= 0.6 is 11.8 Å². The number of nitrogens with one attached hydrogen (secondary N) is 1. The highest BCUT2D eigenvalue weighted by molar-refractivity contribution is 7.99. The van der Waals surface area contributed by atoms with Gasteiger partial charge in [0.25, 0.3) is 0 Å². The van der Waals surface area contributed by atoms with Crippen LogP contribution in [-0.2, 0) is 6.42 Å². The Morgan fingerprint density at radius 2 is 2.15 bits per heavy atom. The predicted molar refractivity (Wildman–Crippen MR) is 88.5 cm³/mol. The van der Waals surface area contributed by atoms with E-state index >= 15 is 0 Å². The third kappa shape index (κ3) is 3.57. The van der Waals surface area contributed by atoms with Crippen molar-refractivity contribution in [2.24, 2.45) is 0 Å². The normalized spacial score (nSPS) is 32.1. The van der Waals surface area contributed by atoms with Crippen LogP contribution < -0.4 is 5.32 Å². The molecule has 2 aliphatic rings. The molecule has 1 N–H and O–H groups in total. The maximum atomic E-state index is 3.74. The molecule has 110 valence electrons. The molecule has 2 aliphatic heterocycles. The van der Waals surface area contributed by atoms with Crippen molar-refractivity contribution in [1.29, 1.82) is 0 Å². The minimum absolute atomic E-state index is 0.612. The van der Waals surface area contributed by atoms with Crippen LogP contribution in [0.1, 0.15) is 25.3 Å². The second-order valence-corrected chi connectivity index (χ2v) is 7.36. The predicted octanol–water partition coefficient (Wildman–Crippen LogP) is 2.79. The first-order chi connectivity index (χ1) is 9.83. The second-order valence-electron chi connectivity index (χ2n) is 6.21. The third-order valence-corrected chi connectivity index (χ3v) is 5.83. The van der Waals surface area contributed by atoms with Gasteiger partial charge in [0.2, 0.25) is 0 Å². The van der Waals surface area contributed by atoms with Crippen LogP contribution in [0.4, 0.5) is 0 Å². The zero-order valence-corrected chi connectivity index (χ0v) is 13.2. The molecule has 2 saturated heterocycles. The molecule has 3 atom stereocenters. The number of hydrogen-bond donors (Lipinski definition) is 1. The molecule has 3 unspecified atom stereocenters. The fourth-order valence-corrected chi connectivity index (χ4v) is 4.65. The maximum Gasteiger partial charge on any atom is 0.0236 e. The van der Waals surface area contributed by atoms with Crippen molar-refractivity contribution in [1.82, 2.24) is 10.2 Å². The van der Waals surface area contributed by atoms with Crippen LogP contribution in [0.25, 0.3) is 0 Å². The van der Waals surface area contributed by atoms with Crippen molar-refractivity contribution in [3.63, 3.8) is 0 Å². The van der Waals surface area contributed by atoms with Gasteiger partial charge >= 0.3 is 0 Å². The molecule has 3 rings (SSSR count). The van der Waals surface area contributed by atoms with Crippen LogP contribution in [0.2, 0.25) is 0 Å². The Morgan fingerprint density at radius 3 is 2.90 bits per heavy atom. The Bertz CT molecular complexity index is 403. The van der Waals surface area contributed by atoms with E-state index in [1.54, 1.807) is 0 Å². The van der Waals surface area contributed by atoms with Gasteiger partial charge in [-0.15, -0.1) is 0 Å². The lowest BCUT2D eigenvalue weighted by atomic mass is 9.99. The van der Waals surface area contributed by atoms with E-state index in [1.807, 2.05) is 0 Å². The molecule has 0 radical (unpaired) electrons. The van der Waals surface area contributed by atoms with Crippen molar-refractivity contribution in [2.45, 2.75) is 44.3 Å². The lowest BCUT2D eigenvalue weighted by molar-refractivity contribution is 0.0948. The minimum Gasteiger partial charge on any atom is -0.311 e. The van der Waals surface area contributed by atoms with E-state index in [0.29, 0.717) is 12.1 Å². The van der Waals surface area contributed by atoms with Crippen LogP contribution in [0.5, 0.6) is 0 Å². The number of hydrogen-bond acceptors (Lipinski definition) is 3. The van der Waals surface area contributed by atoms with E-state index in [-0.39, 0.29) is 0 Å². The van der Waals surface area contributed by atoms with Gasteiger partial charge in [0.05, 0.1) is 0 Å². The van der Waals surface area contributed by atoms with Gasteiger partial charge in [-0.2, -0.15) is 11.8 Å². The summed E-state index contributed by atoms with van der Waals surface area (Å²) in [7, 11) is 0. The van der Waals surface area contributed by atoms with Gasteiger partial charge in [-0.05, 0) is 37.5 Å². The number of nitrogens with zero attached hydrogens (tertiary/aromatic N) is 1. The summed E-state index contributed by atoms with van der Waals surface area (Å²) in [4.78, 5) is 2.77. The average Bonchev–Trinajstić information content (AvgIpc) is 2.51. The zero-order chi connectivity index (χ0) is 13.8. The topological polar surface area (TPSA) is 15.3 Å². The monoisotopic (exact) mass is 290 g/mol. The van der Waals surface area contributed by atoms with Crippen LogP contribution in [-0.4, -0.2) is 47.6 Å². The maximum absolute atomic E-state index is 3.74. The first kappa shape index (κ1) is 14.4. The van der Waals surface area contributed by atoms with Gasteiger partial charge in [0.15, 0.2) is 0 Å². The van der Waals surface area contributed by atoms with Crippen LogP contribution in [0.15, 0.2) is 30.3 Å². The molecule has 0 aromatic heterocycles. The van der Waals surface area contributed by atoms with Crippen molar-refractivity contribution >= 4 is 11.8 Å². The highest BCUT2D eigenvalue weighted by Crippen LogP contribution is 2.25. The summed E-state index contributed by atoms with van der Waals surface area (Å²) >= 11 is 2.14. The van der Waals surface area contributed by atoms with Crippen LogP contribution in [0.3, 0.4) is 0 Å². The van der Waals surface area contributed by atoms with E-state index in [2.05, 4.69) is 59.2 Å². The highest BCUT2D eigenvalue weighted by Gasteiger charge is 2.31. The summed E-state index contributed by atoms with van der Waals surface area (Å²) in [5.74, 6) is 2.70. The molecule has 3 heteroatoms. The number of benzene rings is 1. The Kier molecular flexibility index (Phi) is 5.03. The van der Waals surface area contributed by atoms with E-state index < -0.39 is 0 Å². The summed E-state index contributed by atoms with van der Waals surface area (Å²) in [5, 5.41) is 3.74. The fourth-order valence-electron chi connectivity index (χ4n) is 3.48. The Balaban J connectivity index is 1.60. The van der Waals surface area contributed by atoms with Crippen molar-refractivity contribution in [3.8, 4) is 0 Å². The highest BCUT2D eigenvalue weighted by atomic mass is 32.2. The molecule has 1 aromatic carbocycles. The van der Waals surface area contributed by atoms with Gasteiger partial charge in [0.1, 0.15) is 0 Å². The SMILES string of the molecule is CC1CNC(Cc2ccccc2)CN1C1CCCSC1. The van der Waals surface area contributed by atoms with Gasteiger partial charge in [-0.3, -0.25) is 4.90 Å². The van der Waals surface area contributed by atoms with Gasteiger partial charge in [-0.25, -0.2) is 0 Å². The molecular formula is C17H26N2S. The van der Waals surface area contributed by atoms with E-state index in [0.717, 1.165) is 19.0 Å². The molecule has 2 fully saturated rings. The lowest BCUT2D eigenvalue weighted by Gasteiger charge is -2.44. The molecule has 2 nitrogen and oxygen atoms in total. The summed E-state index contributed by atoms with van der Waals surface area (Å²) in [5.41, 5.74) is 1.46. The third-order valence-electron chi connectivity index (χ3n) is 4.63. The molecule has 0 aliphatic carbocycles. The van der Waals surface area contributed by atoms with Crippen LogP contribution in [0, 0.1) is 0 Å². The van der Waals surface area contributed by atoms with Gasteiger partial charge in [-0.1, -0.05) is 30.3 Å². The molecular weight excluding hydrogens is 264 g/mol. The van der Waals surface area contributed by atoms with E-state index in [9.17, 15) is 0 Å². The fraction of sp³-hybridized carbons (Fsp3) is 0.647. The number of piperazine rings is 1. The van der Waals surface area contributed by atoms with Crippen molar-refractivity contribution in [3.05, 3.63) is 35.9 Å². The molecule has 1 aromatic rings. The standard InChI is InChI=1S/C17H26N2S/c1-14-11-18-16(10-15-6-3-2-4-7-15)12-19(14)17-8-5-9-20-13-17/h2-4,6-7,14,16-18H,5,8-13H2,1H3. The first-order valence-corrected chi connectivity index (χ1v) is 9.09. The molecule has 20 heavy (non-hydrogen) atoms. The summed E-state index contributed by atoms with van der Waals surface area (Å²) in [6, 6.07) is 13.0. The van der Waals surface area contributed by atoms with E-state index in [1.165, 1.54) is 36.5 Å². The summed E-state index contributed by atoms with van der Waals surface area (Å²) in [6.07, 6.45) is 3.95. The number of thioether (sulfide) groups is 1. The summed E-state index contributed by atoms with van der Waals surface area (Å²) in [6.45, 7) is 4.73. The molecule has 0 saturated carbocycles. The van der Waals surface area contributed by atoms with Crippen molar-refractivity contribution in [2.75, 3.05) is 24.6 Å². The van der Waals surface area contributed by atoms with Crippen molar-refractivity contribution < 1.29 is 0 Å². The quantitative estimate of drug-likeness (QED) is 0.921. The Morgan fingerprint density at radius 1 is 1.30 bits per heavy atom. The van der Waals surface area contributed by atoms with Gasteiger partial charge in [0, 0.05) is 37.0 Å². The van der Waals surface area contributed by atoms with Gasteiger partial charge < -0.3 is 5.32 Å². The zero-order valence-electron chi connectivity index (χ0n) is 12.4. The number of rotatable bonds is 3. The lowest BCUT2D eigenvalue weighted by Crippen LogP contribution is -2.59. The minimum atomic E-state index is 0.612. The molecule has 2 heterocycles. The molecule has 0 spiro atoms. The molecule has 0 bridgehead atoms. The largest absolute Gasteiger partial charge is 0.311 e. The second kappa shape index (κ2) is 6.97. The molecule has 0 amide bonds. The first-order valence-electron chi connectivity index (χ1n) is 7.94. The smallest absolute Gasteiger partial charge is 0.0236 e. The Hall–Kier alpha value is -0.510. The summed E-state index contributed by atoms with van der Waals surface area (Å²) < 4.78 is 0. The Labute approximate surface area is 127 Å².